The number of hydrogen-bond donors (Lipinski definition) is 1. The fourth-order valence-corrected chi connectivity index (χ4v) is 3.13. The first-order chi connectivity index (χ1) is 8.42. The second kappa shape index (κ2) is 5.03. The molecule has 0 bridgehead atoms. The predicted octanol–water partition coefficient (Wildman–Crippen LogP) is 0.749. The van der Waals surface area contributed by atoms with Crippen molar-refractivity contribution in [1.82, 2.24) is 8.87 Å². The minimum atomic E-state index is -3.16. The van der Waals surface area contributed by atoms with Crippen LogP contribution in [0.25, 0.3) is 0 Å². The molecule has 0 fully saturated rings. The van der Waals surface area contributed by atoms with Crippen molar-refractivity contribution in [3.05, 3.63) is 23.5 Å². The first-order valence-electron chi connectivity index (χ1n) is 6.18. The smallest absolute Gasteiger partial charge is 0.215 e. The van der Waals surface area contributed by atoms with Gasteiger partial charge in [-0.2, -0.15) is 0 Å². The molecule has 6 heteroatoms. The first-order valence-corrected chi connectivity index (χ1v) is 7.79. The van der Waals surface area contributed by atoms with E-state index < -0.39 is 10.0 Å². The quantitative estimate of drug-likeness (QED) is 0.879. The van der Waals surface area contributed by atoms with Crippen molar-refractivity contribution in [2.75, 3.05) is 19.8 Å². The minimum Gasteiger partial charge on any atom is -0.388 e. The number of fused-ring (bicyclic) bond motifs is 1. The maximum Gasteiger partial charge on any atom is 0.215 e. The SMILES string of the molecule is CN(C)S(=O)(=O)CCn1ccc2c1CCCC2O. The average molecular weight is 272 g/mol. The summed E-state index contributed by atoms with van der Waals surface area (Å²) in [4.78, 5) is 0. The molecule has 1 N–H and O–H groups in total. The van der Waals surface area contributed by atoms with Crippen LogP contribution in [-0.4, -0.2) is 42.2 Å². The normalized spacial score (nSPS) is 20.1. The van der Waals surface area contributed by atoms with Gasteiger partial charge in [0.1, 0.15) is 0 Å². The van der Waals surface area contributed by atoms with Crippen molar-refractivity contribution < 1.29 is 13.5 Å². The van der Waals surface area contributed by atoms with E-state index in [-0.39, 0.29) is 11.9 Å². The van der Waals surface area contributed by atoms with E-state index in [1.165, 1.54) is 4.31 Å². The summed E-state index contributed by atoms with van der Waals surface area (Å²) in [6, 6.07) is 1.90. The molecular weight excluding hydrogens is 252 g/mol. The molecule has 1 aliphatic carbocycles. The van der Waals surface area contributed by atoms with Crippen molar-refractivity contribution >= 4 is 10.0 Å². The molecule has 0 aromatic carbocycles. The fourth-order valence-electron chi connectivity index (χ4n) is 2.34. The molecule has 1 unspecified atom stereocenters. The number of rotatable bonds is 4. The van der Waals surface area contributed by atoms with Crippen LogP contribution >= 0.6 is 0 Å². The van der Waals surface area contributed by atoms with Crippen molar-refractivity contribution in [3.63, 3.8) is 0 Å². The lowest BCUT2D eigenvalue weighted by Gasteiger charge is -2.20. The molecule has 1 aromatic heterocycles. The highest BCUT2D eigenvalue weighted by Crippen LogP contribution is 2.30. The summed E-state index contributed by atoms with van der Waals surface area (Å²) in [5.41, 5.74) is 2.05. The van der Waals surface area contributed by atoms with E-state index in [0.717, 1.165) is 30.5 Å². The zero-order valence-corrected chi connectivity index (χ0v) is 11.7. The summed E-state index contributed by atoms with van der Waals surface area (Å²) < 4.78 is 26.6. The predicted molar refractivity (Wildman–Crippen MR) is 69.8 cm³/mol. The largest absolute Gasteiger partial charge is 0.388 e. The Balaban J connectivity index is 2.12. The van der Waals surface area contributed by atoms with Gasteiger partial charge >= 0.3 is 0 Å². The van der Waals surface area contributed by atoms with Gasteiger partial charge in [-0.1, -0.05) is 0 Å². The molecule has 102 valence electrons. The Morgan fingerprint density at radius 3 is 2.89 bits per heavy atom. The third kappa shape index (κ3) is 2.60. The maximum atomic E-state index is 11.7. The van der Waals surface area contributed by atoms with E-state index in [9.17, 15) is 13.5 Å². The number of aromatic nitrogens is 1. The minimum absolute atomic E-state index is 0.0945. The Kier molecular flexibility index (Phi) is 3.79. The van der Waals surface area contributed by atoms with Crippen LogP contribution in [0.1, 0.15) is 30.2 Å². The standard InChI is InChI=1S/C12H20N2O3S/c1-13(2)18(16,17)9-8-14-7-6-10-11(14)4-3-5-12(10)15/h6-7,12,15H,3-5,8-9H2,1-2H3. The van der Waals surface area contributed by atoms with Crippen molar-refractivity contribution in [3.8, 4) is 0 Å². The molecule has 0 saturated heterocycles. The Bertz CT molecular complexity index is 519. The number of aryl methyl sites for hydroxylation is 1. The third-order valence-corrected chi connectivity index (χ3v) is 5.32. The molecule has 0 saturated carbocycles. The van der Waals surface area contributed by atoms with E-state index in [1.54, 1.807) is 14.1 Å². The molecule has 1 aliphatic rings. The Morgan fingerprint density at radius 2 is 2.22 bits per heavy atom. The summed E-state index contributed by atoms with van der Waals surface area (Å²) in [5, 5.41) is 9.85. The topological polar surface area (TPSA) is 62.5 Å². The van der Waals surface area contributed by atoms with Crippen LogP contribution in [0.4, 0.5) is 0 Å². The number of aliphatic hydroxyl groups is 1. The van der Waals surface area contributed by atoms with Gasteiger partial charge < -0.3 is 9.67 Å². The fraction of sp³-hybridized carbons (Fsp3) is 0.667. The lowest BCUT2D eigenvalue weighted by Crippen LogP contribution is -2.27. The lowest BCUT2D eigenvalue weighted by molar-refractivity contribution is 0.155. The summed E-state index contributed by atoms with van der Waals surface area (Å²) in [7, 11) is -0.0726. The summed E-state index contributed by atoms with van der Waals surface area (Å²) in [5.74, 6) is 0.0945. The van der Waals surface area contributed by atoms with Crippen molar-refractivity contribution in [2.45, 2.75) is 31.9 Å². The molecule has 18 heavy (non-hydrogen) atoms. The highest BCUT2D eigenvalue weighted by Gasteiger charge is 2.22. The molecule has 0 amide bonds. The zero-order valence-electron chi connectivity index (χ0n) is 10.8. The van der Waals surface area contributed by atoms with Gasteiger partial charge in [-0.15, -0.1) is 0 Å². The van der Waals surface area contributed by atoms with Crippen LogP contribution < -0.4 is 0 Å². The lowest BCUT2D eigenvalue weighted by atomic mass is 9.95. The summed E-state index contributed by atoms with van der Waals surface area (Å²) in [6.45, 7) is 0.447. The van der Waals surface area contributed by atoms with Gasteiger partial charge in [0.25, 0.3) is 0 Å². The van der Waals surface area contributed by atoms with Crippen LogP contribution in [-0.2, 0) is 23.0 Å². The molecule has 0 aliphatic heterocycles. The first kappa shape index (κ1) is 13.6. The summed E-state index contributed by atoms with van der Waals surface area (Å²) in [6.07, 6.45) is 4.16. The second-order valence-corrected chi connectivity index (χ2v) is 7.22. The van der Waals surface area contributed by atoms with Gasteiger partial charge in [-0.25, -0.2) is 12.7 Å². The van der Waals surface area contributed by atoms with E-state index in [1.807, 2.05) is 16.8 Å². The van der Waals surface area contributed by atoms with E-state index in [0.29, 0.717) is 6.54 Å². The highest BCUT2D eigenvalue weighted by molar-refractivity contribution is 7.89. The monoisotopic (exact) mass is 272 g/mol. The Labute approximate surface area is 108 Å². The van der Waals surface area contributed by atoms with E-state index in [2.05, 4.69) is 0 Å². The molecule has 1 aromatic rings. The van der Waals surface area contributed by atoms with Crippen LogP contribution in [0.2, 0.25) is 0 Å². The number of nitrogens with zero attached hydrogens (tertiary/aromatic N) is 2. The van der Waals surface area contributed by atoms with Crippen LogP contribution in [0.3, 0.4) is 0 Å². The second-order valence-electron chi connectivity index (χ2n) is 4.92. The van der Waals surface area contributed by atoms with Gasteiger partial charge in [0.05, 0.1) is 11.9 Å². The third-order valence-electron chi connectivity index (χ3n) is 3.51. The molecular formula is C12H20N2O3S. The average Bonchev–Trinajstić information content (AvgIpc) is 2.71. The van der Waals surface area contributed by atoms with E-state index in [4.69, 9.17) is 0 Å². The maximum absolute atomic E-state index is 11.7. The number of hydrogen-bond acceptors (Lipinski definition) is 3. The number of sulfonamides is 1. The van der Waals surface area contributed by atoms with Crippen molar-refractivity contribution in [2.24, 2.45) is 0 Å². The Hall–Kier alpha value is -0.850. The Morgan fingerprint density at radius 1 is 1.50 bits per heavy atom. The van der Waals surface area contributed by atoms with Crippen molar-refractivity contribution in [1.29, 1.82) is 0 Å². The van der Waals surface area contributed by atoms with Gasteiger partial charge in [-0.05, 0) is 25.3 Å². The molecule has 5 nitrogen and oxygen atoms in total. The molecule has 0 spiro atoms. The highest BCUT2D eigenvalue weighted by atomic mass is 32.2. The van der Waals surface area contributed by atoms with Crippen LogP contribution in [0, 0.1) is 0 Å². The molecule has 2 rings (SSSR count). The van der Waals surface area contributed by atoms with Gasteiger partial charge in [0.15, 0.2) is 0 Å². The molecule has 0 radical (unpaired) electrons. The van der Waals surface area contributed by atoms with Gasteiger partial charge in [0, 0.05) is 38.1 Å². The van der Waals surface area contributed by atoms with E-state index >= 15 is 0 Å². The van der Waals surface area contributed by atoms with Crippen LogP contribution in [0.15, 0.2) is 12.3 Å². The molecule has 1 atom stereocenters. The van der Waals surface area contributed by atoms with Gasteiger partial charge in [-0.3, -0.25) is 0 Å². The number of aliphatic hydroxyl groups excluding tert-OH is 1. The summed E-state index contributed by atoms with van der Waals surface area (Å²) >= 11 is 0. The molecule has 1 heterocycles. The van der Waals surface area contributed by atoms with Gasteiger partial charge in [0.2, 0.25) is 10.0 Å². The van der Waals surface area contributed by atoms with Crippen LogP contribution in [0.5, 0.6) is 0 Å². The zero-order chi connectivity index (χ0) is 13.3.